The Morgan fingerprint density at radius 3 is 2.60 bits per heavy atom. The molecule has 116 valence electrons. The molecule has 0 radical (unpaired) electrons. The molecule has 20 heavy (non-hydrogen) atoms. The van der Waals surface area contributed by atoms with E-state index in [1.54, 1.807) is 11.8 Å². The van der Waals surface area contributed by atoms with E-state index in [0.29, 0.717) is 23.6 Å². The molecule has 0 amide bonds. The predicted octanol–water partition coefficient (Wildman–Crippen LogP) is 4.90. The van der Waals surface area contributed by atoms with Crippen LogP contribution in [0.2, 0.25) is 18.1 Å². The first kappa shape index (κ1) is 16.9. The summed E-state index contributed by atoms with van der Waals surface area (Å²) >= 11 is 3.47. The third-order valence-electron chi connectivity index (χ3n) is 5.26. The molecule has 2 bridgehead atoms. The van der Waals surface area contributed by atoms with Gasteiger partial charge in [-0.3, -0.25) is 4.79 Å². The Hall–Kier alpha value is 0.547. The van der Waals surface area contributed by atoms with Crippen LogP contribution < -0.4 is 0 Å². The van der Waals surface area contributed by atoms with Crippen molar-refractivity contribution >= 4 is 37.0 Å². The lowest BCUT2D eigenvalue weighted by atomic mass is 9.83. The van der Waals surface area contributed by atoms with Crippen molar-refractivity contribution in [1.82, 2.24) is 0 Å². The SMILES string of the molecule is CS[C@]12CC[C@H](O[Si](C)(C)C(C)(C)C)[C@H](CC(=O)S1)C2. The van der Waals surface area contributed by atoms with E-state index in [1.807, 2.05) is 11.8 Å². The van der Waals surface area contributed by atoms with Crippen LogP contribution in [0.1, 0.15) is 46.5 Å². The molecule has 0 unspecified atom stereocenters. The third-order valence-corrected chi connectivity index (χ3v) is 12.8. The van der Waals surface area contributed by atoms with Gasteiger partial charge >= 0.3 is 0 Å². The molecule has 0 aromatic rings. The molecule has 1 saturated heterocycles. The monoisotopic (exact) mass is 332 g/mol. The van der Waals surface area contributed by atoms with Gasteiger partial charge in [-0.05, 0) is 49.6 Å². The van der Waals surface area contributed by atoms with E-state index >= 15 is 0 Å². The second-order valence-corrected chi connectivity index (χ2v) is 15.4. The van der Waals surface area contributed by atoms with Crippen LogP contribution in [0, 0.1) is 5.92 Å². The molecular weight excluding hydrogens is 304 g/mol. The first-order valence-corrected chi connectivity index (χ1v) is 12.5. The second-order valence-electron chi connectivity index (χ2n) is 7.71. The number of rotatable bonds is 3. The molecule has 1 heterocycles. The molecule has 3 atom stereocenters. The topological polar surface area (TPSA) is 26.3 Å². The van der Waals surface area contributed by atoms with Gasteiger partial charge in [-0.15, -0.1) is 11.8 Å². The molecular formula is C15H28O2S2Si. The van der Waals surface area contributed by atoms with Crippen molar-refractivity contribution in [3.63, 3.8) is 0 Å². The lowest BCUT2D eigenvalue weighted by molar-refractivity contribution is -0.113. The minimum absolute atomic E-state index is 0.146. The van der Waals surface area contributed by atoms with Crippen LogP contribution >= 0.6 is 23.5 Å². The number of hydrogen-bond acceptors (Lipinski definition) is 4. The summed E-state index contributed by atoms with van der Waals surface area (Å²) in [5.41, 5.74) is 0. The van der Waals surface area contributed by atoms with Crippen molar-refractivity contribution in [2.75, 3.05) is 6.26 Å². The van der Waals surface area contributed by atoms with Gasteiger partial charge in [-0.1, -0.05) is 32.5 Å². The number of fused-ring (bicyclic) bond motifs is 2. The standard InChI is InChI=1S/C15H28O2S2Si/c1-14(2,3)20(5,6)17-12-7-8-15(18-4)10-11(12)9-13(16)19-15/h11-12H,7-10H2,1-6H3/t11-,12+,15-/m1/s1. The van der Waals surface area contributed by atoms with Crippen LogP contribution in [0.4, 0.5) is 0 Å². The number of carbonyl (C=O) groups is 1. The van der Waals surface area contributed by atoms with Crippen molar-refractivity contribution in [3.05, 3.63) is 0 Å². The Balaban J connectivity index is 2.11. The summed E-state index contributed by atoms with van der Waals surface area (Å²) < 4.78 is 6.78. The Bertz CT molecular complexity index is 392. The van der Waals surface area contributed by atoms with Crippen molar-refractivity contribution in [1.29, 1.82) is 0 Å². The first-order chi connectivity index (χ1) is 9.09. The fourth-order valence-corrected chi connectivity index (χ4v) is 6.89. The molecule has 5 heteroatoms. The van der Waals surface area contributed by atoms with Gasteiger partial charge in [0.1, 0.15) is 0 Å². The lowest BCUT2D eigenvalue weighted by Gasteiger charge is -2.49. The van der Waals surface area contributed by atoms with Crippen molar-refractivity contribution in [2.24, 2.45) is 5.92 Å². The Morgan fingerprint density at radius 1 is 1.40 bits per heavy atom. The average Bonchev–Trinajstić information content (AvgIpc) is 2.31. The molecule has 1 aliphatic carbocycles. The highest BCUT2D eigenvalue weighted by atomic mass is 32.2. The van der Waals surface area contributed by atoms with Gasteiger partial charge in [0, 0.05) is 12.5 Å². The Morgan fingerprint density at radius 2 is 2.05 bits per heavy atom. The van der Waals surface area contributed by atoms with Gasteiger partial charge in [0.05, 0.1) is 4.08 Å². The van der Waals surface area contributed by atoms with Crippen LogP contribution in [0.3, 0.4) is 0 Å². The van der Waals surface area contributed by atoms with Crippen molar-refractivity contribution in [3.8, 4) is 0 Å². The summed E-state index contributed by atoms with van der Waals surface area (Å²) in [7, 11) is -1.73. The van der Waals surface area contributed by atoms with Gasteiger partial charge in [-0.2, -0.15) is 0 Å². The normalized spacial score (nSPS) is 35.2. The summed E-state index contributed by atoms with van der Waals surface area (Å²) in [6.45, 7) is 11.5. The molecule has 0 N–H and O–H groups in total. The highest BCUT2D eigenvalue weighted by molar-refractivity contribution is 8.25. The van der Waals surface area contributed by atoms with E-state index in [0.717, 1.165) is 19.3 Å². The van der Waals surface area contributed by atoms with Crippen LogP contribution in [0.25, 0.3) is 0 Å². The van der Waals surface area contributed by atoms with Gasteiger partial charge in [0.2, 0.25) is 0 Å². The third kappa shape index (κ3) is 3.31. The zero-order valence-corrected chi connectivity index (χ0v) is 16.2. The minimum Gasteiger partial charge on any atom is -0.414 e. The summed E-state index contributed by atoms with van der Waals surface area (Å²) in [6, 6.07) is 0. The Labute approximate surface area is 133 Å². The largest absolute Gasteiger partial charge is 0.414 e. The van der Waals surface area contributed by atoms with Crippen molar-refractivity contribution in [2.45, 2.75) is 74.8 Å². The van der Waals surface area contributed by atoms with Gasteiger partial charge < -0.3 is 4.43 Å². The van der Waals surface area contributed by atoms with E-state index in [2.05, 4.69) is 40.1 Å². The van der Waals surface area contributed by atoms with E-state index in [1.165, 1.54) is 0 Å². The summed E-state index contributed by atoms with van der Waals surface area (Å²) in [6.07, 6.45) is 6.55. The minimum atomic E-state index is -1.73. The zero-order chi connectivity index (χ0) is 15.2. The molecule has 0 aromatic carbocycles. The number of carbonyl (C=O) groups excluding carboxylic acids is 1. The average molecular weight is 333 g/mol. The molecule has 1 aliphatic heterocycles. The van der Waals surface area contributed by atoms with Crippen LogP contribution in [0.5, 0.6) is 0 Å². The molecule has 0 spiro atoms. The summed E-state index contributed by atoms with van der Waals surface area (Å²) in [5, 5.41) is 0.619. The van der Waals surface area contributed by atoms with Crippen LogP contribution in [0.15, 0.2) is 0 Å². The van der Waals surface area contributed by atoms with Crippen LogP contribution in [-0.4, -0.2) is 29.9 Å². The molecule has 2 rings (SSSR count). The highest BCUT2D eigenvalue weighted by Crippen LogP contribution is 2.55. The van der Waals surface area contributed by atoms with Crippen molar-refractivity contribution < 1.29 is 9.22 Å². The Kier molecular flexibility index (Phi) is 4.76. The molecule has 0 aromatic heterocycles. The summed E-state index contributed by atoms with van der Waals surface area (Å²) in [5.74, 6) is 0.444. The maximum atomic E-state index is 12.1. The number of hydrogen-bond donors (Lipinski definition) is 0. The van der Waals surface area contributed by atoms with E-state index in [4.69, 9.17) is 4.43 Å². The van der Waals surface area contributed by atoms with Crippen LogP contribution in [-0.2, 0) is 9.22 Å². The quantitative estimate of drug-likeness (QED) is 0.687. The zero-order valence-electron chi connectivity index (χ0n) is 13.6. The molecule has 2 aliphatic rings. The molecule has 1 saturated carbocycles. The fourth-order valence-electron chi connectivity index (χ4n) is 2.93. The maximum absolute atomic E-state index is 12.1. The van der Waals surface area contributed by atoms with E-state index in [-0.39, 0.29) is 9.12 Å². The lowest BCUT2D eigenvalue weighted by Crippen LogP contribution is -2.50. The summed E-state index contributed by atoms with van der Waals surface area (Å²) in [4.78, 5) is 12.1. The maximum Gasteiger partial charge on any atom is 0.192 e. The number of thioether (sulfide) groups is 2. The first-order valence-electron chi connectivity index (χ1n) is 7.53. The van der Waals surface area contributed by atoms with E-state index in [9.17, 15) is 4.79 Å². The fraction of sp³-hybridized carbons (Fsp3) is 0.933. The van der Waals surface area contributed by atoms with Gasteiger partial charge in [0.25, 0.3) is 0 Å². The molecule has 2 fully saturated rings. The van der Waals surface area contributed by atoms with E-state index < -0.39 is 8.32 Å². The predicted molar refractivity (Wildman–Crippen MR) is 92.9 cm³/mol. The van der Waals surface area contributed by atoms with Gasteiger partial charge in [0.15, 0.2) is 13.4 Å². The highest BCUT2D eigenvalue weighted by Gasteiger charge is 2.49. The van der Waals surface area contributed by atoms with Gasteiger partial charge in [-0.25, -0.2) is 0 Å². The molecule has 2 nitrogen and oxygen atoms in total. The smallest absolute Gasteiger partial charge is 0.192 e. The second kappa shape index (κ2) is 5.63.